The number of likely N-dealkylation sites (tertiary alicyclic amines) is 1. The van der Waals surface area contributed by atoms with E-state index in [0.29, 0.717) is 0 Å². The summed E-state index contributed by atoms with van der Waals surface area (Å²) in [5.41, 5.74) is 0. The van der Waals surface area contributed by atoms with Gasteiger partial charge in [-0.1, -0.05) is 6.92 Å². The molecule has 1 fully saturated rings. The molecule has 1 heterocycles. The summed E-state index contributed by atoms with van der Waals surface area (Å²) in [6.45, 7) is 6.44. The highest BCUT2D eigenvalue weighted by Gasteiger charge is 2.19. The van der Waals surface area contributed by atoms with E-state index in [-0.39, 0.29) is 6.10 Å². The minimum Gasteiger partial charge on any atom is -0.392 e. The number of hydrogen-bond donors (Lipinski definition) is 1. The van der Waals surface area contributed by atoms with Crippen LogP contribution in [0.1, 0.15) is 26.2 Å². The zero-order valence-electron chi connectivity index (χ0n) is 10.4. The minimum atomic E-state index is -0.156. The second kappa shape index (κ2) is 6.46. The van der Waals surface area contributed by atoms with Gasteiger partial charge in [0.2, 0.25) is 0 Å². The smallest absolute Gasteiger partial charge is 0.0664 e. The van der Waals surface area contributed by atoms with Crippen LogP contribution in [-0.2, 0) is 0 Å². The molecule has 0 amide bonds. The van der Waals surface area contributed by atoms with Crippen molar-refractivity contribution in [2.75, 3.05) is 40.3 Å². The predicted molar refractivity (Wildman–Crippen MR) is 64.0 cm³/mol. The topological polar surface area (TPSA) is 26.7 Å². The Labute approximate surface area is 94.1 Å². The van der Waals surface area contributed by atoms with E-state index in [1.165, 1.54) is 25.9 Å². The van der Waals surface area contributed by atoms with E-state index < -0.39 is 0 Å². The van der Waals surface area contributed by atoms with Crippen LogP contribution in [0.15, 0.2) is 0 Å². The van der Waals surface area contributed by atoms with Crippen LogP contribution in [0.5, 0.6) is 0 Å². The van der Waals surface area contributed by atoms with Crippen molar-refractivity contribution in [3.05, 3.63) is 0 Å². The lowest BCUT2D eigenvalue weighted by atomic mass is 9.98. The minimum absolute atomic E-state index is 0.156. The van der Waals surface area contributed by atoms with E-state index in [4.69, 9.17) is 0 Å². The van der Waals surface area contributed by atoms with Gasteiger partial charge in [-0.3, -0.25) is 0 Å². The summed E-state index contributed by atoms with van der Waals surface area (Å²) in [6.07, 6.45) is 3.37. The molecular formula is C12H26N2O. The summed E-state index contributed by atoms with van der Waals surface area (Å²) in [7, 11) is 4.32. The second-order valence-electron chi connectivity index (χ2n) is 5.05. The zero-order valence-corrected chi connectivity index (χ0v) is 10.4. The number of piperidine rings is 1. The van der Waals surface area contributed by atoms with Crippen LogP contribution < -0.4 is 0 Å². The Hall–Kier alpha value is -0.120. The molecule has 0 aromatic carbocycles. The zero-order chi connectivity index (χ0) is 11.3. The number of aliphatic hydroxyl groups is 1. The van der Waals surface area contributed by atoms with Gasteiger partial charge >= 0.3 is 0 Å². The average molecular weight is 214 g/mol. The van der Waals surface area contributed by atoms with Gasteiger partial charge in [0.05, 0.1) is 6.10 Å². The Morgan fingerprint density at radius 2 is 2.27 bits per heavy atom. The first-order valence-corrected chi connectivity index (χ1v) is 6.17. The molecule has 1 unspecified atom stereocenters. The fourth-order valence-electron chi connectivity index (χ4n) is 2.43. The predicted octanol–water partition coefficient (Wildman–Crippen LogP) is 1.03. The van der Waals surface area contributed by atoms with Crippen LogP contribution in [-0.4, -0.2) is 61.3 Å². The van der Waals surface area contributed by atoms with Crippen LogP contribution in [0.2, 0.25) is 0 Å². The molecule has 2 atom stereocenters. The first-order valence-electron chi connectivity index (χ1n) is 6.17. The summed E-state index contributed by atoms with van der Waals surface area (Å²) < 4.78 is 0. The summed E-state index contributed by atoms with van der Waals surface area (Å²) in [5, 5.41) is 9.56. The van der Waals surface area contributed by atoms with Gasteiger partial charge in [-0.05, 0) is 45.8 Å². The number of nitrogens with zero attached hydrogens (tertiary/aromatic N) is 2. The number of likely N-dealkylation sites (N-methyl/N-ethyl adjacent to an activating group) is 1. The maximum Gasteiger partial charge on any atom is 0.0664 e. The lowest BCUT2D eigenvalue weighted by molar-refractivity contribution is 0.100. The molecule has 0 bridgehead atoms. The molecule has 1 N–H and O–H groups in total. The molecule has 3 nitrogen and oxygen atoms in total. The van der Waals surface area contributed by atoms with Crippen LogP contribution in [0.25, 0.3) is 0 Å². The van der Waals surface area contributed by atoms with E-state index in [0.717, 1.165) is 25.4 Å². The lowest BCUT2D eigenvalue weighted by Crippen LogP contribution is -2.40. The standard InChI is InChI=1S/C12H26N2O/c1-4-12(15)10-14(3)9-11-6-5-7-13(2)8-11/h11-12,15H,4-10H2,1-3H3/t11?,12-/m1/s1. The summed E-state index contributed by atoms with van der Waals surface area (Å²) in [4.78, 5) is 4.69. The van der Waals surface area contributed by atoms with E-state index in [9.17, 15) is 5.11 Å². The summed E-state index contributed by atoms with van der Waals surface area (Å²) in [5.74, 6) is 0.790. The molecule has 0 aromatic heterocycles. The molecule has 1 aliphatic heterocycles. The van der Waals surface area contributed by atoms with Gasteiger partial charge in [0.1, 0.15) is 0 Å². The Morgan fingerprint density at radius 3 is 2.87 bits per heavy atom. The lowest BCUT2D eigenvalue weighted by Gasteiger charge is -2.32. The van der Waals surface area contributed by atoms with Crippen molar-refractivity contribution in [2.24, 2.45) is 5.92 Å². The molecule has 1 saturated heterocycles. The highest BCUT2D eigenvalue weighted by molar-refractivity contribution is 4.73. The number of aliphatic hydroxyl groups excluding tert-OH is 1. The molecule has 0 saturated carbocycles. The quantitative estimate of drug-likeness (QED) is 0.740. The Bertz CT molecular complexity index is 175. The Kier molecular flexibility index (Phi) is 5.58. The van der Waals surface area contributed by atoms with Gasteiger partial charge in [-0.25, -0.2) is 0 Å². The van der Waals surface area contributed by atoms with Crippen molar-refractivity contribution >= 4 is 0 Å². The SMILES string of the molecule is CC[C@@H](O)CN(C)CC1CCCN(C)C1. The van der Waals surface area contributed by atoms with E-state index in [1.807, 2.05) is 6.92 Å². The van der Waals surface area contributed by atoms with Crippen molar-refractivity contribution in [2.45, 2.75) is 32.3 Å². The van der Waals surface area contributed by atoms with Crippen LogP contribution in [0, 0.1) is 5.92 Å². The fourth-order valence-corrected chi connectivity index (χ4v) is 2.43. The highest BCUT2D eigenvalue weighted by Crippen LogP contribution is 2.15. The van der Waals surface area contributed by atoms with Crippen molar-refractivity contribution in [1.29, 1.82) is 0 Å². The van der Waals surface area contributed by atoms with Crippen LogP contribution >= 0.6 is 0 Å². The largest absolute Gasteiger partial charge is 0.392 e. The molecule has 90 valence electrons. The first kappa shape index (κ1) is 12.9. The van der Waals surface area contributed by atoms with E-state index >= 15 is 0 Å². The normalized spacial score (nSPS) is 25.8. The highest BCUT2D eigenvalue weighted by atomic mass is 16.3. The van der Waals surface area contributed by atoms with Gasteiger partial charge < -0.3 is 14.9 Å². The Balaban J connectivity index is 2.21. The van der Waals surface area contributed by atoms with Gasteiger partial charge in [0, 0.05) is 19.6 Å². The molecule has 1 aliphatic rings. The van der Waals surface area contributed by atoms with Crippen molar-refractivity contribution < 1.29 is 5.11 Å². The number of hydrogen-bond acceptors (Lipinski definition) is 3. The molecule has 1 rings (SSSR count). The molecule has 15 heavy (non-hydrogen) atoms. The molecular weight excluding hydrogens is 188 g/mol. The average Bonchev–Trinajstić information content (AvgIpc) is 2.17. The maximum atomic E-state index is 9.56. The Morgan fingerprint density at radius 1 is 1.53 bits per heavy atom. The van der Waals surface area contributed by atoms with E-state index in [2.05, 4.69) is 23.9 Å². The van der Waals surface area contributed by atoms with Gasteiger partial charge in [0.15, 0.2) is 0 Å². The maximum absolute atomic E-state index is 9.56. The third-order valence-corrected chi connectivity index (χ3v) is 3.29. The molecule has 0 spiro atoms. The van der Waals surface area contributed by atoms with Gasteiger partial charge in [-0.2, -0.15) is 0 Å². The first-order chi connectivity index (χ1) is 7.11. The molecule has 0 aliphatic carbocycles. The second-order valence-corrected chi connectivity index (χ2v) is 5.05. The fraction of sp³-hybridized carbons (Fsp3) is 1.00. The third kappa shape index (κ3) is 4.96. The molecule has 0 aromatic rings. The summed E-state index contributed by atoms with van der Waals surface area (Å²) >= 11 is 0. The van der Waals surface area contributed by atoms with Crippen LogP contribution in [0.3, 0.4) is 0 Å². The monoisotopic (exact) mass is 214 g/mol. The van der Waals surface area contributed by atoms with Gasteiger partial charge in [-0.15, -0.1) is 0 Å². The van der Waals surface area contributed by atoms with E-state index in [1.54, 1.807) is 0 Å². The molecule has 3 heteroatoms. The molecule has 0 radical (unpaired) electrons. The van der Waals surface area contributed by atoms with Gasteiger partial charge in [0.25, 0.3) is 0 Å². The van der Waals surface area contributed by atoms with Crippen molar-refractivity contribution in [1.82, 2.24) is 9.80 Å². The summed E-state index contributed by atoms with van der Waals surface area (Å²) in [6, 6.07) is 0. The van der Waals surface area contributed by atoms with Crippen molar-refractivity contribution in [3.63, 3.8) is 0 Å². The van der Waals surface area contributed by atoms with Crippen LogP contribution in [0.4, 0.5) is 0 Å². The van der Waals surface area contributed by atoms with Crippen molar-refractivity contribution in [3.8, 4) is 0 Å². The third-order valence-electron chi connectivity index (χ3n) is 3.29. The number of rotatable bonds is 5.